The summed E-state index contributed by atoms with van der Waals surface area (Å²) in [6.07, 6.45) is 8.77. The molecule has 8 saturated carbocycles. The second kappa shape index (κ2) is 7.88. The number of carbonyl (C=O) groups excluding carboxylic acids is 1. The van der Waals surface area contributed by atoms with Gasteiger partial charge in [0.15, 0.2) is 11.6 Å². The number of hydrogen-bond acceptors (Lipinski definition) is 8. The van der Waals surface area contributed by atoms with Crippen molar-refractivity contribution >= 4 is 5.97 Å². The molecule has 8 bridgehead atoms. The second-order valence-electron chi connectivity index (χ2n) is 14.1. The predicted molar refractivity (Wildman–Crippen MR) is 124 cm³/mol. The van der Waals surface area contributed by atoms with Gasteiger partial charge in [0.1, 0.15) is 25.9 Å². The van der Waals surface area contributed by atoms with Crippen molar-refractivity contribution < 1.29 is 47.5 Å². The van der Waals surface area contributed by atoms with E-state index >= 15 is 0 Å². The number of esters is 1. The molecule has 10 aliphatic rings. The first kappa shape index (κ1) is 24.9. The fourth-order valence-electron chi connectivity index (χ4n) is 10.6. The Kier molecular flexibility index (Phi) is 5.15. The standard InChI is InChI=1S/C28H38F2O8/c29-25(30)13-36-27(37-14-26(25,32)33)20-6-17-7-21(27)10-24(8-17,9-20)23(31)34-11-22-12-35-28(38-22)18-2-15-1-16(4-18)5-19(28)3-15/h15-22,32-33H,1-14H2. The van der Waals surface area contributed by atoms with Gasteiger partial charge in [-0.15, -0.1) is 0 Å². The molecule has 0 aromatic carbocycles. The number of alkyl halides is 2. The Hall–Kier alpha value is -0.910. The summed E-state index contributed by atoms with van der Waals surface area (Å²) in [6, 6.07) is 0. The number of hydrogen-bond donors (Lipinski definition) is 2. The van der Waals surface area contributed by atoms with Crippen molar-refractivity contribution in [1.29, 1.82) is 0 Å². The fraction of sp³-hybridized carbons (Fsp3) is 0.964. The molecule has 3 unspecified atom stereocenters. The molecule has 8 nitrogen and oxygen atoms in total. The van der Waals surface area contributed by atoms with E-state index in [2.05, 4.69) is 0 Å². The number of carbonyl (C=O) groups is 1. The zero-order chi connectivity index (χ0) is 26.1. The highest BCUT2D eigenvalue weighted by molar-refractivity contribution is 5.77. The summed E-state index contributed by atoms with van der Waals surface area (Å²) in [5.41, 5.74) is -0.696. The molecule has 10 heteroatoms. The monoisotopic (exact) mass is 540 g/mol. The Balaban J connectivity index is 0.944. The molecule has 212 valence electrons. The van der Waals surface area contributed by atoms with Crippen LogP contribution >= 0.6 is 0 Å². The number of rotatable bonds is 3. The van der Waals surface area contributed by atoms with Crippen LogP contribution in [-0.4, -0.2) is 72.0 Å². The molecule has 2 saturated heterocycles. The van der Waals surface area contributed by atoms with E-state index in [9.17, 15) is 23.8 Å². The van der Waals surface area contributed by atoms with E-state index in [4.69, 9.17) is 23.7 Å². The van der Waals surface area contributed by atoms with Crippen LogP contribution in [0.5, 0.6) is 0 Å². The summed E-state index contributed by atoms with van der Waals surface area (Å²) >= 11 is 0. The molecule has 2 N–H and O–H groups in total. The lowest BCUT2D eigenvalue weighted by molar-refractivity contribution is -0.349. The Bertz CT molecular complexity index is 951. The average Bonchev–Trinajstić information content (AvgIpc) is 3.26. The van der Waals surface area contributed by atoms with Crippen molar-refractivity contribution in [3.05, 3.63) is 0 Å². The van der Waals surface area contributed by atoms with Crippen molar-refractivity contribution in [3.8, 4) is 0 Å². The quantitative estimate of drug-likeness (QED) is 0.416. The van der Waals surface area contributed by atoms with Gasteiger partial charge in [-0.1, -0.05) is 0 Å². The molecular formula is C28H38F2O8. The van der Waals surface area contributed by atoms with Crippen LogP contribution < -0.4 is 0 Å². The first-order valence-electron chi connectivity index (χ1n) is 14.6. The molecule has 0 radical (unpaired) electrons. The minimum Gasteiger partial charge on any atom is -0.462 e. The van der Waals surface area contributed by atoms with Crippen LogP contribution in [-0.2, 0) is 28.5 Å². The third-order valence-electron chi connectivity index (χ3n) is 11.8. The zero-order valence-electron chi connectivity index (χ0n) is 21.6. The first-order chi connectivity index (χ1) is 18.0. The maximum absolute atomic E-state index is 14.3. The van der Waals surface area contributed by atoms with E-state index in [-0.39, 0.29) is 36.4 Å². The minimum absolute atomic E-state index is 0.163. The van der Waals surface area contributed by atoms with Gasteiger partial charge in [-0.2, -0.15) is 8.78 Å². The molecule has 10 fully saturated rings. The molecular weight excluding hydrogens is 502 g/mol. The third-order valence-corrected chi connectivity index (χ3v) is 11.8. The highest BCUT2D eigenvalue weighted by Crippen LogP contribution is 2.66. The number of aliphatic hydroxyl groups is 2. The van der Waals surface area contributed by atoms with E-state index in [1.807, 2.05) is 0 Å². The minimum atomic E-state index is -3.85. The molecule has 8 aliphatic carbocycles. The highest BCUT2D eigenvalue weighted by Gasteiger charge is 2.70. The van der Waals surface area contributed by atoms with Gasteiger partial charge in [-0.05, 0) is 82.0 Å². The van der Waals surface area contributed by atoms with E-state index in [1.165, 1.54) is 32.1 Å². The summed E-state index contributed by atoms with van der Waals surface area (Å²) in [5.74, 6) is -7.01. The highest BCUT2D eigenvalue weighted by atomic mass is 19.3. The lowest BCUT2D eigenvalue weighted by Gasteiger charge is -2.62. The van der Waals surface area contributed by atoms with Crippen LogP contribution in [0.1, 0.15) is 64.2 Å². The molecule has 0 aromatic heterocycles. The smallest absolute Gasteiger partial charge is 0.325 e. The van der Waals surface area contributed by atoms with Crippen LogP contribution in [0, 0.1) is 46.8 Å². The summed E-state index contributed by atoms with van der Waals surface area (Å²) in [6.45, 7) is -1.45. The summed E-state index contributed by atoms with van der Waals surface area (Å²) in [5, 5.41) is 19.8. The van der Waals surface area contributed by atoms with E-state index in [0.29, 0.717) is 50.5 Å². The molecule has 10 rings (SSSR count). The van der Waals surface area contributed by atoms with Crippen LogP contribution in [0.25, 0.3) is 0 Å². The van der Waals surface area contributed by atoms with E-state index in [0.717, 1.165) is 11.8 Å². The Morgan fingerprint density at radius 3 is 2.03 bits per heavy atom. The number of halogens is 2. The van der Waals surface area contributed by atoms with Crippen LogP contribution in [0.4, 0.5) is 8.78 Å². The fourth-order valence-corrected chi connectivity index (χ4v) is 10.6. The van der Waals surface area contributed by atoms with Crippen molar-refractivity contribution in [1.82, 2.24) is 0 Å². The van der Waals surface area contributed by atoms with Gasteiger partial charge in [0, 0.05) is 23.7 Å². The van der Waals surface area contributed by atoms with Gasteiger partial charge in [-0.25, -0.2) is 0 Å². The van der Waals surface area contributed by atoms with Gasteiger partial charge in [0.2, 0.25) is 0 Å². The lowest BCUT2D eigenvalue weighted by Crippen LogP contribution is -2.65. The predicted octanol–water partition coefficient (Wildman–Crippen LogP) is 2.98. The van der Waals surface area contributed by atoms with Gasteiger partial charge in [-0.3, -0.25) is 4.79 Å². The van der Waals surface area contributed by atoms with Gasteiger partial charge >= 0.3 is 11.9 Å². The lowest BCUT2D eigenvalue weighted by atomic mass is 9.47. The Morgan fingerprint density at radius 2 is 1.37 bits per heavy atom. The molecule has 2 heterocycles. The maximum atomic E-state index is 14.3. The van der Waals surface area contributed by atoms with Gasteiger partial charge in [0.25, 0.3) is 5.79 Å². The van der Waals surface area contributed by atoms with Gasteiger partial charge in [0.05, 0.1) is 12.0 Å². The van der Waals surface area contributed by atoms with E-state index < -0.39 is 41.9 Å². The molecule has 38 heavy (non-hydrogen) atoms. The van der Waals surface area contributed by atoms with Crippen molar-refractivity contribution in [2.24, 2.45) is 46.8 Å². The molecule has 0 amide bonds. The first-order valence-corrected chi connectivity index (χ1v) is 14.6. The van der Waals surface area contributed by atoms with Crippen LogP contribution in [0.15, 0.2) is 0 Å². The summed E-state index contributed by atoms with van der Waals surface area (Å²) < 4.78 is 59.1. The Morgan fingerprint density at radius 1 is 0.763 bits per heavy atom. The second-order valence-corrected chi connectivity index (χ2v) is 14.1. The zero-order valence-corrected chi connectivity index (χ0v) is 21.6. The third kappa shape index (κ3) is 3.30. The van der Waals surface area contributed by atoms with Crippen molar-refractivity contribution in [2.75, 3.05) is 26.4 Å². The summed E-state index contributed by atoms with van der Waals surface area (Å²) in [7, 11) is 0. The van der Waals surface area contributed by atoms with Crippen LogP contribution in [0.3, 0.4) is 0 Å². The largest absolute Gasteiger partial charge is 0.462 e. The topological polar surface area (TPSA) is 104 Å². The van der Waals surface area contributed by atoms with Crippen LogP contribution in [0.2, 0.25) is 0 Å². The molecule has 0 aromatic rings. The Labute approximate surface area is 220 Å². The summed E-state index contributed by atoms with van der Waals surface area (Å²) in [4.78, 5) is 13.6. The normalized spacial score (nSPS) is 55.1. The molecule has 2 spiro atoms. The van der Waals surface area contributed by atoms with Gasteiger partial charge < -0.3 is 33.9 Å². The SMILES string of the molecule is O=C(OCC1COC2(O1)C1CC3CC(C1)CC2C3)C12CC3CC(C1)C1(OCC(O)(O)C(F)(F)CO1)C(C3)C2. The average molecular weight is 541 g/mol. The van der Waals surface area contributed by atoms with Crippen molar-refractivity contribution in [3.63, 3.8) is 0 Å². The van der Waals surface area contributed by atoms with E-state index in [1.54, 1.807) is 0 Å². The van der Waals surface area contributed by atoms with Crippen molar-refractivity contribution in [2.45, 2.75) is 93.6 Å². The maximum Gasteiger partial charge on any atom is 0.325 e. The number of ether oxygens (including phenoxy) is 5. The molecule has 3 atom stereocenters. The molecule has 2 aliphatic heterocycles.